The number of aryl methyl sites for hydroxylation is 2. The highest BCUT2D eigenvalue weighted by Crippen LogP contribution is 2.27. The van der Waals surface area contributed by atoms with Crippen LogP contribution in [0.25, 0.3) is 0 Å². The number of benzene rings is 1. The molecule has 1 aromatic rings. The molecular weight excluding hydrogens is 210 g/mol. The molecule has 2 rings (SSSR count). The summed E-state index contributed by atoms with van der Waals surface area (Å²) in [7, 11) is 1.76. The van der Waals surface area contributed by atoms with E-state index in [1.54, 1.807) is 7.11 Å². The van der Waals surface area contributed by atoms with Gasteiger partial charge in [0.05, 0.1) is 12.1 Å². The highest BCUT2D eigenvalue weighted by molar-refractivity contribution is 5.36. The fraction of sp³-hybridized carbons (Fsp3) is 0.600. The van der Waals surface area contributed by atoms with Crippen LogP contribution in [-0.2, 0) is 17.6 Å². The fourth-order valence-electron chi connectivity index (χ4n) is 2.74. The molecule has 2 heteroatoms. The van der Waals surface area contributed by atoms with E-state index in [4.69, 9.17) is 10.5 Å². The molecule has 2 N–H and O–H groups in total. The Kier molecular flexibility index (Phi) is 4.19. The molecule has 0 bridgehead atoms. The molecule has 2 atom stereocenters. The number of methoxy groups -OCH3 is 1. The van der Waals surface area contributed by atoms with Crippen molar-refractivity contribution in [3.63, 3.8) is 0 Å². The zero-order valence-corrected chi connectivity index (χ0v) is 10.9. The van der Waals surface area contributed by atoms with E-state index in [2.05, 4.69) is 25.1 Å². The number of hydrogen-bond donors (Lipinski definition) is 1. The van der Waals surface area contributed by atoms with Crippen molar-refractivity contribution in [1.82, 2.24) is 0 Å². The molecule has 0 saturated carbocycles. The highest BCUT2D eigenvalue weighted by Gasteiger charge is 2.20. The fourth-order valence-corrected chi connectivity index (χ4v) is 2.74. The van der Waals surface area contributed by atoms with Gasteiger partial charge in [-0.2, -0.15) is 0 Å². The van der Waals surface area contributed by atoms with Gasteiger partial charge in [-0.3, -0.25) is 0 Å². The Morgan fingerprint density at radius 1 is 1.29 bits per heavy atom. The maximum atomic E-state index is 6.30. The lowest BCUT2D eigenvalue weighted by Gasteiger charge is -2.23. The van der Waals surface area contributed by atoms with Crippen LogP contribution in [0.1, 0.15) is 48.9 Å². The molecule has 0 heterocycles. The van der Waals surface area contributed by atoms with Crippen molar-refractivity contribution in [3.05, 3.63) is 34.9 Å². The molecule has 0 amide bonds. The van der Waals surface area contributed by atoms with Crippen LogP contribution in [0.5, 0.6) is 0 Å². The Morgan fingerprint density at radius 3 is 2.76 bits per heavy atom. The lowest BCUT2D eigenvalue weighted by Crippen LogP contribution is -2.28. The topological polar surface area (TPSA) is 35.2 Å². The van der Waals surface area contributed by atoms with E-state index in [1.165, 1.54) is 36.0 Å². The molecule has 0 spiro atoms. The van der Waals surface area contributed by atoms with Gasteiger partial charge in [0, 0.05) is 7.11 Å². The third-order valence-electron chi connectivity index (χ3n) is 3.78. The molecule has 0 saturated heterocycles. The number of rotatable bonds is 5. The summed E-state index contributed by atoms with van der Waals surface area (Å²) in [5, 5.41) is 0. The van der Waals surface area contributed by atoms with Gasteiger partial charge in [-0.15, -0.1) is 0 Å². The largest absolute Gasteiger partial charge is 0.379 e. The van der Waals surface area contributed by atoms with E-state index >= 15 is 0 Å². The predicted molar refractivity (Wildman–Crippen MR) is 71.1 cm³/mol. The maximum absolute atomic E-state index is 6.30. The first kappa shape index (κ1) is 12.6. The normalized spacial score (nSPS) is 17.8. The Labute approximate surface area is 104 Å². The van der Waals surface area contributed by atoms with Crippen LogP contribution in [0.3, 0.4) is 0 Å². The molecule has 1 aromatic carbocycles. The first-order valence-electron chi connectivity index (χ1n) is 6.66. The zero-order chi connectivity index (χ0) is 12.3. The minimum absolute atomic E-state index is 0.00542. The molecule has 0 aliphatic heterocycles. The summed E-state index contributed by atoms with van der Waals surface area (Å²) >= 11 is 0. The van der Waals surface area contributed by atoms with Crippen molar-refractivity contribution in [2.45, 2.75) is 51.2 Å². The Balaban J connectivity index is 2.15. The van der Waals surface area contributed by atoms with Gasteiger partial charge >= 0.3 is 0 Å². The molecule has 2 nitrogen and oxygen atoms in total. The van der Waals surface area contributed by atoms with Gasteiger partial charge in [-0.1, -0.05) is 31.5 Å². The van der Waals surface area contributed by atoms with Crippen molar-refractivity contribution >= 4 is 0 Å². The Bertz CT molecular complexity index is 375. The maximum Gasteiger partial charge on any atom is 0.0763 e. The summed E-state index contributed by atoms with van der Waals surface area (Å²) in [6.45, 7) is 2.17. The second kappa shape index (κ2) is 5.65. The average Bonchev–Trinajstić information content (AvgIpc) is 2.82. The number of hydrogen-bond acceptors (Lipinski definition) is 2. The third kappa shape index (κ3) is 2.70. The van der Waals surface area contributed by atoms with Crippen LogP contribution in [0.4, 0.5) is 0 Å². The van der Waals surface area contributed by atoms with Crippen LogP contribution in [0.2, 0.25) is 0 Å². The average molecular weight is 233 g/mol. The Hall–Kier alpha value is -0.860. The molecule has 94 valence electrons. The summed E-state index contributed by atoms with van der Waals surface area (Å²) in [5.41, 5.74) is 10.5. The van der Waals surface area contributed by atoms with Gasteiger partial charge in [-0.05, 0) is 42.4 Å². The minimum Gasteiger partial charge on any atom is -0.379 e. The van der Waals surface area contributed by atoms with Crippen molar-refractivity contribution in [2.24, 2.45) is 5.73 Å². The number of ether oxygens (including phenoxy) is 1. The minimum atomic E-state index is 0.00542. The number of fused-ring (bicyclic) bond motifs is 1. The summed E-state index contributed by atoms with van der Waals surface area (Å²) < 4.78 is 5.50. The SMILES string of the molecule is CCCC(OC)C(N)c1ccc2c(c1)CCC2. The second-order valence-corrected chi connectivity index (χ2v) is 4.97. The van der Waals surface area contributed by atoms with Gasteiger partial charge in [0.15, 0.2) is 0 Å². The van der Waals surface area contributed by atoms with Crippen molar-refractivity contribution in [1.29, 1.82) is 0 Å². The molecule has 17 heavy (non-hydrogen) atoms. The van der Waals surface area contributed by atoms with Crippen LogP contribution in [0, 0.1) is 0 Å². The van der Waals surface area contributed by atoms with Crippen LogP contribution in [-0.4, -0.2) is 13.2 Å². The van der Waals surface area contributed by atoms with E-state index in [-0.39, 0.29) is 12.1 Å². The van der Waals surface area contributed by atoms with Gasteiger partial charge in [0.1, 0.15) is 0 Å². The van der Waals surface area contributed by atoms with E-state index < -0.39 is 0 Å². The predicted octanol–water partition coefficient (Wildman–Crippen LogP) is 2.99. The standard InChI is InChI=1S/C15H23NO/c1-3-5-14(17-2)15(16)13-9-8-11-6-4-7-12(11)10-13/h8-10,14-15H,3-7,16H2,1-2H3. The highest BCUT2D eigenvalue weighted by atomic mass is 16.5. The summed E-state index contributed by atoms with van der Waals surface area (Å²) in [4.78, 5) is 0. The van der Waals surface area contributed by atoms with E-state index in [1.807, 2.05) is 0 Å². The summed E-state index contributed by atoms with van der Waals surface area (Å²) in [5.74, 6) is 0. The lowest BCUT2D eigenvalue weighted by molar-refractivity contribution is 0.0725. The Morgan fingerprint density at radius 2 is 2.06 bits per heavy atom. The third-order valence-corrected chi connectivity index (χ3v) is 3.78. The van der Waals surface area contributed by atoms with Gasteiger partial charge in [0.2, 0.25) is 0 Å². The monoisotopic (exact) mass is 233 g/mol. The van der Waals surface area contributed by atoms with Gasteiger partial charge < -0.3 is 10.5 Å². The molecule has 1 aliphatic rings. The van der Waals surface area contributed by atoms with Crippen LogP contribution < -0.4 is 5.73 Å². The quantitative estimate of drug-likeness (QED) is 0.848. The molecule has 1 aliphatic carbocycles. The van der Waals surface area contributed by atoms with Gasteiger partial charge in [-0.25, -0.2) is 0 Å². The summed E-state index contributed by atoms with van der Waals surface area (Å²) in [6.07, 6.45) is 6.00. The van der Waals surface area contributed by atoms with Gasteiger partial charge in [0.25, 0.3) is 0 Å². The summed E-state index contributed by atoms with van der Waals surface area (Å²) in [6, 6.07) is 6.72. The van der Waals surface area contributed by atoms with Crippen molar-refractivity contribution in [3.8, 4) is 0 Å². The molecular formula is C15H23NO. The second-order valence-electron chi connectivity index (χ2n) is 4.97. The smallest absolute Gasteiger partial charge is 0.0763 e. The lowest BCUT2D eigenvalue weighted by atomic mass is 9.96. The van der Waals surface area contributed by atoms with Crippen molar-refractivity contribution in [2.75, 3.05) is 7.11 Å². The van der Waals surface area contributed by atoms with Crippen LogP contribution in [0.15, 0.2) is 18.2 Å². The molecule has 0 fully saturated rings. The van der Waals surface area contributed by atoms with E-state index in [9.17, 15) is 0 Å². The zero-order valence-electron chi connectivity index (χ0n) is 10.9. The number of nitrogens with two attached hydrogens (primary N) is 1. The van der Waals surface area contributed by atoms with Crippen LogP contribution >= 0.6 is 0 Å². The molecule has 2 unspecified atom stereocenters. The van der Waals surface area contributed by atoms with Crippen molar-refractivity contribution < 1.29 is 4.74 Å². The molecule has 0 aromatic heterocycles. The first-order chi connectivity index (χ1) is 8.26. The van der Waals surface area contributed by atoms with E-state index in [0.717, 1.165) is 12.8 Å². The molecule has 0 radical (unpaired) electrons. The first-order valence-corrected chi connectivity index (χ1v) is 6.66. The van der Waals surface area contributed by atoms with E-state index in [0.29, 0.717) is 0 Å².